The Bertz CT molecular complexity index is 671. The summed E-state index contributed by atoms with van der Waals surface area (Å²) in [4.78, 5) is 2.79. The molecule has 104 valence electrons. The quantitative estimate of drug-likeness (QED) is 0.451. The van der Waals surface area contributed by atoms with E-state index in [4.69, 9.17) is 5.53 Å². The van der Waals surface area contributed by atoms with Crippen molar-refractivity contribution in [1.82, 2.24) is 20.6 Å². The Balaban J connectivity index is 0.000000272. The summed E-state index contributed by atoms with van der Waals surface area (Å²) in [7, 11) is 0. The molecule has 1 aromatic heterocycles. The highest BCUT2D eigenvalue weighted by molar-refractivity contribution is 5.67. The zero-order valence-corrected chi connectivity index (χ0v) is 11.2. The first-order valence-electron chi connectivity index (χ1n) is 6.23. The first kappa shape index (κ1) is 14.2. The van der Waals surface area contributed by atoms with Crippen molar-refractivity contribution in [1.29, 1.82) is 0 Å². The van der Waals surface area contributed by atoms with Gasteiger partial charge in [0.25, 0.3) is 0 Å². The summed E-state index contributed by atoms with van der Waals surface area (Å²) in [5, 5.41) is 15.7. The fraction of sp³-hybridized carbons (Fsp3) is 0.0714. The van der Waals surface area contributed by atoms with Crippen LogP contribution in [0.2, 0.25) is 0 Å². The van der Waals surface area contributed by atoms with E-state index in [2.05, 4.69) is 42.8 Å². The zero-order chi connectivity index (χ0) is 14.8. The molecule has 0 saturated carbocycles. The molecule has 0 radical (unpaired) electrons. The molecule has 0 fully saturated rings. The van der Waals surface area contributed by atoms with Crippen LogP contribution in [0.25, 0.3) is 21.6 Å². The normalized spacial score (nSPS) is 9.14. The van der Waals surface area contributed by atoms with Gasteiger partial charge in [0.1, 0.15) is 6.33 Å². The van der Waals surface area contributed by atoms with Gasteiger partial charge in [-0.05, 0) is 32.6 Å². The second kappa shape index (κ2) is 8.08. The Morgan fingerprint density at radius 2 is 1.81 bits per heavy atom. The summed E-state index contributed by atoms with van der Waals surface area (Å²) in [6, 6.07) is 18.0. The van der Waals surface area contributed by atoms with Crippen LogP contribution < -0.4 is 0 Å². The highest BCUT2D eigenvalue weighted by Gasteiger charge is 2.02. The van der Waals surface area contributed by atoms with Gasteiger partial charge in [-0.25, -0.2) is 5.10 Å². The van der Waals surface area contributed by atoms with E-state index in [1.165, 1.54) is 6.33 Å². The Morgan fingerprint density at radius 3 is 2.43 bits per heavy atom. The van der Waals surface area contributed by atoms with Gasteiger partial charge in [-0.3, -0.25) is 0 Å². The van der Waals surface area contributed by atoms with E-state index >= 15 is 0 Å². The van der Waals surface area contributed by atoms with Crippen molar-refractivity contribution in [2.24, 2.45) is 5.11 Å². The third kappa shape index (κ3) is 4.45. The second-order valence-corrected chi connectivity index (χ2v) is 3.98. The molecule has 0 bridgehead atoms. The maximum atomic E-state index is 8.35. The molecule has 7 heteroatoms. The van der Waals surface area contributed by atoms with Crippen molar-refractivity contribution < 1.29 is 0 Å². The van der Waals surface area contributed by atoms with E-state index in [1.54, 1.807) is 0 Å². The lowest BCUT2D eigenvalue weighted by atomic mass is 10.00. The molecule has 0 aliphatic heterocycles. The summed E-state index contributed by atoms with van der Waals surface area (Å²) in [6.07, 6.45) is 1.40. The lowest BCUT2D eigenvalue weighted by molar-refractivity contribution is 0.881. The number of aromatic nitrogens is 4. The summed E-state index contributed by atoms with van der Waals surface area (Å²) in [5.41, 5.74) is 11.7. The lowest BCUT2D eigenvalue weighted by Gasteiger charge is -2.06. The van der Waals surface area contributed by atoms with Crippen LogP contribution in [0.1, 0.15) is 5.56 Å². The van der Waals surface area contributed by atoms with E-state index < -0.39 is 0 Å². The smallest absolute Gasteiger partial charge is 0.135 e. The number of azide groups is 1. The van der Waals surface area contributed by atoms with Crippen molar-refractivity contribution in [2.75, 3.05) is 0 Å². The van der Waals surface area contributed by atoms with Gasteiger partial charge in [-0.15, -0.1) is 5.10 Å². The van der Waals surface area contributed by atoms with Crippen LogP contribution in [0, 0.1) is 0 Å². The maximum Gasteiger partial charge on any atom is 0.135 e. The molecule has 2 aromatic carbocycles. The first-order chi connectivity index (χ1) is 10.4. The first-order valence-corrected chi connectivity index (χ1v) is 6.23. The number of H-pyrrole nitrogens is 1. The zero-order valence-electron chi connectivity index (χ0n) is 11.2. The average Bonchev–Trinajstić information content (AvgIpc) is 3.14. The molecule has 3 rings (SSSR count). The highest BCUT2D eigenvalue weighted by atomic mass is 15.5. The molecule has 0 unspecified atom stereocenters. The number of aromatic amines is 1. The van der Waals surface area contributed by atoms with Gasteiger partial charge in [0.05, 0.1) is 6.54 Å². The monoisotopic (exact) mass is 279 g/mol. The molecular formula is C14H13N7. The Labute approximate surface area is 121 Å². The molecule has 0 saturated heterocycles. The van der Waals surface area contributed by atoms with Gasteiger partial charge in [0.15, 0.2) is 0 Å². The highest BCUT2D eigenvalue weighted by Crippen LogP contribution is 2.23. The molecule has 3 aromatic rings. The van der Waals surface area contributed by atoms with Crippen LogP contribution in [0.5, 0.6) is 0 Å². The third-order valence-electron chi connectivity index (χ3n) is 2.68. The van der Waals surface area contributed by atoms with E-state index in [0.29, 0.717) is 6.54 Å². The van der Waals surface area contributed by atoms with Gasteiger partial charge in [0, 0.05) is 4.91 Å². The molecule has 21 heavy (non-hydrogen) atoms. The standard InChI is InChI=1S/C13H11N3.CH2N4/c14-16-15-10-12-8-4-5-9-13(12)11-6-2-1-3-7-11;1-2-4-5-3-1/h1-9H,10H2;1H,(H,2,3,4,5). The van der Waals surface area contributed by atoms with Gasteiger partial charge in [-0.2, -0.15) is 0 Å². The third-order valence-corrected chi connectivity index (χ3v) is 2.68. The SMILES string of the molecule is [N-]=[N+]=NCc1ccccc1-c1ccccc1.c1nnn[nH]1. The van der Waals surface area contributed by atoms with E-state index in [9.17, 15) is 0 Å². The van der Waals surface area contributed by atoms with Crippen LogP contribution in [0.15, 0.2) is 66.0 Å². The van der Waals surface area contributed by atoms with Crippen LogP contribution in [-0.4, -0.2) is 20.6 Å². The Hall–Kier alpha value is -3.18. The number of nitrogens with one attached hydrogen (secondary N) is 1. The predicted molar refractivity (Wildman–Crippen MR) is 78.9 cm³/mol. The predicted octanol–water partition coefficient (Wildman–Crippen LogP) is 3.36. The van der Waals surface area contributed by atoms with Crippen molar-refractivity contribution in [2.45, 2.75) is 6.54 Å². The molecule has 7 nitrogen and oxygen atoms in total. The summed E-state index contributed by atoms with van der Waals surface area (Å²) in [6.45, 7) is 0.390. The van der Waals surface area contributed by atoms with Crippen molar-refractivity contribution >= 4 is 0 Å². The van der Waals surface area contributed by atoms with Crippen molar-refractivity contribution in [3.63, 3.8) is 0 Å². The molecule has 0 atom stereocenters. The second-order valence-electron chi connectivity index (χ2n) is 3.98. The van der Waals surface area contributed by atoms with E-state index in [0.717, 1.165) is 16.7 Å². The lowest BCUT2D eigenvalue weighted by Crippen LogP contribution is -1.86. The number of hydrogen-bond donors (Lipinski definition) is 1. The average molecular weight is 279 g/mol. The summed E-state index contributed by atoms with van der Waals surface area (Å²) < 4.78 is 0. The van der Waals surface area contributed by atoms with Gasteiger partial charge < -0.3 is 0 Å². The van der Waals surface area contributed by atoms with Crippen LogP contribution in [-0.2, 0) is 6.54 Å². The molecular weight excluding hydrogens is 266 g/mol. The largest absolute Gasteiger partial charge is 0.246 e. The van der Waals surface area contributed by atoms with Crippen molar-refractivity contribution in [3.05, 3.63) is 76.9 Å². The van der Waals surface area contributed by atoms with Gasteiger partial charge in [0.2, 0.25) is 0 Å². The minimum Gasteiger partial charge on any atom is -0.246 e. The molecule has 0 aliphatic carbocycles. The van der Waals surface area contributed by atoms with E-state index in [-0.39, 0.29) is 0 Å². The molecule has 0 spiro atoms. The van der Waals surface area contributed by atoms with Gasteiger partial charge in [-0.1, -0.05) is 59.7 Å². The molecule has 1 heterocycles. The minimum atomic E-state index is 0.390. The summed E-state index contributed by atoms with van der Waals surface area (Å²) >= 11 is 0. The van der Waals surface area contributed by atoms with Crippen LogP contribution in [0.3, 0.4) is 0 Å². The minimum absolute atomic E-state index is 0.390. The van der Waals surface area contributed by atoms with Crippen LogP contribution in [0.4, 0.5) is 0 Å². The molecule has 0 aliphatic rings. The number of benzene rings is 2. The fourth-order valence-corrected chi connectivity index (χ4v) is 1.79. The number of tetrazole rings is 1. The Morgan fingerprint density at radius 1 is 1.05 bits per heavy atom. The van der Waals surface area contributed by atoms with E-state index in [1.807, 2.05) is 42.5 Å². The summed E-state index contributed by atoms with van der Waals surface area (Å²) in [5.74, 6) is 0. The van der Waals surface area contributed by atoms with Gasteiger partial charge >= 0.3 is 0 Å². The van der Waals surface area contributed by atoms with Crippen LogP contribution >= 0.6 is 0 Å². The number of rotatable bonds is 3. The number of nitrogens with zero attached hydrogens (tertiary/aromatic N) is 6. The molecule has 1 N–H and O–H groups in total. The maximum absolute atomic E-state index is 8.35. The fourth-order valence-electron chi connectivity index (χ4n) is 1.79. The topological polar surface area (TPSA) is 103 Å². The Kier molecular flexibility index (Phi) is 5.48. The van der Waals surface area contributed by atoms with Crippen molar-refractivity contribution in [3.8, 4) is 11.1 Å². The molecule has 0 amide bonds. The number of hydrogen-bond acceptors (Lipinski definition) is 4.